The molecule has 7 heteroatoms. The molecule has 0 atom stereocenters. The van der Waals surface area contributed by atoms with Gasteiger partial charge in [-0.25, -0.2) is 14.4 Å². The van der Waals surface area contributed by atoms with Crippen molar-refractivity contribution in [2.45, 2.75) is 12.8 Å². The van der Waals surface area contributed by atoms with E-state index in [1.54, 1.807) is 30.6 Å². The molecular weight excluding hydrogens is 333 g/mol. The maximum absolute atomic E-state index is 13.9. The van der Waals surface area contributed by atoms with E-state index in [4.69, 9.17) is 4.84 Å². The number of hydrogen-bond donors (Lipinski definition) is 0. The molecule has 1 saturated heterocycles. The Kier molecular flexibility index (Phi) is 6.12. The monoisotopic (exact) mass is 357 g/mol. The Morgan fingerprint density at radius 3 is 2.50 bits per heavy atom. The van der Waals surface area contributed by atoms with E-state index in [9.17, 15) is 4.39 Å². The van der Waals surface area contributed by atoms with Crippen molar-refractivity contribution in [1.82, 2.24) is 14.9 Å². The predicted octanol–water partition coefficient (Wildman–Crippen LogP) is 2.82. The summed E-state index contributed by atoms with van der Waals surface area (Å²) in [6, 6.07) is 6.65. The Hall–Kier alpha value is -2.54. The summed E-state index contributed by atoms with van der Waals surface area (Å²) >= 11 is 0. The van der Waals surface area contributed by atoms with Crippen LogP contribution in [0.15, 0.2) is 41.8 Å². The lowest BCUT2D eigenvalue weighted by molar-refractivity contribution is 0.124. The zero-order valence-corrected chi connectivity index (χ0v) is 15.2. The van der Waals surface area contributed by atoms with Crippen LogP contribution in [-0.2, 0) is 4.84 Å². The summed E-state index contributed by atoms with van der Waals surface area (Å²) < 4.78 is 13.9. The van der Waals surface area contributed by atoms with Crippen molar-refractivity contribution < 1.29 is 9.23 Å². The Morgan fingerprint density at radius 1 is 1.15 bits per heavy atom. The third-order valence-corrected chi connectivity index (χ3v) is 4.27. The van der Waals surface area contributed by atoms with Gasteiger partial charge in [-0.3, -0.25) is 0 Å². The van der Waals surface area contributed by atoms with Gasteiger partial charge in [0.15, 0.2) is 0 Å². The number of anilines is 1. The lowest BCUT2D eigenvalue weighted by Crippen LogP contribution is -2.35. The SMILES string of the molecule is CN(C)CCON=C1CCN(c2ncc(-c3ccccc3F)cn2)CC1. The molecule has 1 aliphatic heterocycles. The molecule has 0 aliphatic carbocycles. The highest BCUT2D eigenvalue weighted by Crippen LogP contribution is 2.22. The van der Waals surface area contributed by atoms with Crippen molar-refractivity contribution in [1.29, 1.82) is 0 Å². The molecule has 0 bridgehead atoms. The van der Waals surface area contributed by atoms with Crippen LogP contribution in [0.5, 0.6) is 0 Å². The van der Waals surface area contributed by atoms with Crippen LogP contribution in [0.25, 0.3) is 11.1 Å². The van der Waals surface area contributed by atoms with E-state index < -0.39 is 0 Å². The van der Waals surface area contributed by atoms with Gasteiger partial charge in [-0.15, -0.1) is 0 Å². The standard InChI is InChI=1S/C19H24FN5O/c1-24(2)11-12-26-23-16-7-9-25(10-8-16)19-21-13-15(14-22-19)17-5-3-4-6-18(17)20/h3-6,13-14H,7-12H2,1-2H3. The average Bonchev–Trinajstić information content (AvgIpc) is 2.66. The fourth-order valence-electron chi connectivity index (χ4n) is 2.74. The third kappa shape index (κ3) is 4.76. The summed E-state index contributed by atoms with van der Waals surface area (Å²) in [6.45, 7) is 3.05. The fourth-order valence-corrected chi connectivity index (χ4v) is 2.74. The molecular formula is C19H24FN5O. The highest BCUT2D eigenvalue weighted by molar-refractivity contribution is 5.86. The summed E-state index contributed by atoms with van der Waals surface area (Å²) in [5, 5.41) is 4.23. The highest BCUT2D eigenvalue weighted by Gasteiger charge is 2.18. The van der Waals surface area contributed by atoms with Gasteiger partial charge in [-0.1, -0.05) is 23.4 Å². The smallest absolute Gasteiger partial charge is 0.225 e. The summed E-state index contributed by atoms with van der Waals surface area (Å²) in [4.78, 5) is 18.4. The number of nitrogens with zero attached hydrogens (tertiary/aromatic N) is 5. The van der Waals surface area contributed by atoms with Gasteiger partial charge in [0.05, 0.1) is 5.71 Å². The van der Waals surface area contributed by atoms with Gasteiger partial charge in [0.25, 0.3) is 0 Å². The van der Waals surface area contributed by atoms with E-state index in [0.717, 1.165) is 38.2 Å². The first kappa shape index (κ1) is 18.3. The maximum atomic E-state index is 13.9. The molecule has 2 heterocycles. The minimum absolute atomic E-state index is 0.267. The van der Waals surface area contributed by atoms with Gasteiger partial charge in [-0.05, 0) is 20.2 Å². The number of piperidine rings is 1. The number of benzene rings is 1. The van der Waals surface area contributed by atoms with E-state index in [0.29, 0.717) is 23.7 Å². The molecule has 138 valence electrons. The topological polar surface area (TPSA) is 53.9 Å². The minimum Gasteiger partial charge on any atom is -0.394 e. The van der Waals surface area contributed by atoms with Crippen molar-refractivity contribution >= 4 is 11.7 Å². The maximum Gasteiger partial charge on any atom is 0.225 e. The van der Waals surface area contributed by atoms with Crippen molar-refractivity contribution in [3.8, 4) is 11.1 Å². The molecule has 6 nitrogen and oxygen atoms in total. The zero-order valence-electron chi connectivity index (χ0n) is 15.2. The molecule has 3 rings (SSSR count). The number of oxime groups is 1. The molecule has 1 aliphatic rings. The molecule has 1 aromatic carbocycles. The van der Waals surface area contributed by atoms with Crippen molar-refractivity contribution in [3.63, 3.8) is 0 Å². The van der Waals surface area contributed by atoms with Crippen LogP contribution >= 0.6 is 0 Å². The summed E-state index contributed by atoms with van der Waals surface area (Å²) in [6.07, 6.45) is 5.02. The molecule has 0 amide bonds. The van der Waals surface area contributed by atoms with Crippen LogP contribution in [0, 0.1) is 5.82 Å². The first-order chi connectivity index (χ1) is 12.6. The molecule has 0 N–H and O–H groups in total. The summed E-state index contributed by atoms with van der Waals surface area (Å²) in [5.74, 6) is 0.398. The number of halogens is 1. The second-order valence-electron chi connectivity index (χ2n) is 6.53. The first-order valence-corrected chi connectivity index (χ1v) is 8.78. The normalized spacial score (nSPS) is 14.6. The van der Waals surface area contributed by atoms with E-state index in [-0.39, 0.29) is 5.82 Å². The summed E-state index contributed by atoms with van der Waals surface area (Å²) in [7, 11) is 4.01. The van der Waals surface area contributed by atoms with Crippen LogP contribution in [0.1, 0.15) is 12.8 Å². The Morgan fingerprint density at radius 2 is 1.85 bits per heavy atom. The van der Waals surface area contributed by atoms with Crippen LogP contribution in [0.4, 0.5) is 10.3 Å². The molecule has 0 spiro atoms. The first-order valence-electron chi connectivity index (χ1n) is 8.78. The molecule has 0 saturated carbocycles. The third-order valence-electron chi connectivity index (χ3n) is 4.27. The van der Waals surface area contributed by atoms with Gasteiger partial charge < -0.3 is 14.6 Å². The lowest BCUT2D eigenvalue weighted by Gasteiger charge is -2.27. The second kappa shape index (κ2) is 8.71. The van der Waals surface area contributed by atoms with E-state index in [2.05, 4.69) is 24.9 Å². The lowest BCUT2D eigenvalue weighted by atomic mass is 10.1. The quantitative estimate of drug-likeness (QED) is 0.588. The number of rotatable bonds is 6. The van der Waals surface area contributed by atoms with Gasteiger partial charge >= 0.3 is 0 Å². The molecule has 2 aromatic rings. The second-order valence-corrected chi connectivity index (χ2v) is 6.53. The van der Waals surface area contributed by atoms with E-state index >= 15 is 0 Å². The fraction of sp³-hybridized carbons (Fsp3) is 0.421. The van der Waals surface area contributed by atoms with Crippen molar-refractivity contribution in [3.05, 3.63) is 42.5 Å². The predicted molar refractivity (Wildman–Crippen MR) is 101 cm³/mol. The number of likely N-dealkylation sites (N-methyl/N-ethyl adjacent to an activating group) is 1. The number of hydrogen-bond acceptors (Lipinski definition) is 6. The van der Waals surface area contributed by atoms with Crippen LogP contribution in [-0.4, -0.2) is 60.9 Å². The molecule has 0 radical (unpaired) electrons. The van der Waals surface area contributed by atoms with Gasteiger partial charge in [0.2, 0.25) is 5.95 Å². The van der Waals surface area contributed by atoms with Crippen LogP contribution in [0.2, 0.25) is 0 Å². The largest absolute Gasteiger partial charge is 0.394 e. The molecule has 1 aromatic heterocycles. The van der Waals surface area contributed by atoms with Crippen molar-refractivity contribution in [2.75, 3.05) is 45.2 Å². The van der Waals surface area contributed by atoms with Crippen LogP contribution < -0.4 is 4.90 Å². The zero-order chi connectivity index (χ0) is 18.4. The minimum atomic E-state index is -0.267. The summed E-state index contributed by atoms with van der Waals surface area (Å²) in [5.41, 5.74) is 2.27. The Labute approximate surface area is 153 Å². The van der Waals surface area contributed by atoms with Gasteiger partial charge in [-0.2, -0.15) is 0 Å². The van der Waals surface area contributed by atoms with E-state index in [1.807, 2.05) is 14.1 Å². The van der Waals surface area contributed by atoms with Gasteiger partial charge in [0.1, 0.15) is 12.4 Å². The molecule has 1 fully saturated rings. The van der Waals surface area contributed by atoms with Crippen molar-refractivity contribution in [2.24, 2.45) is 5.16 Å². The van der Waals surface area contributed by atoms with E-state index in [1.165, 1.54) is 6.07 Å². The number of aromatic nitrogens is 2. The molecule has 26 heavy (non-hydrogen) atoms. The van der Waals surface area contributed by atoms with Gasteiger partial charge in [0, 0.05) is 56.0 Å². The average molecular weight is 357 g/mol. The van der Waals surface area contributed by atoms with Crippen LogP contribution in [0.3, 0.4) is 0 Å². The molecule has 0 unspecified atom stereocenters. The Bertz CT molecular complexity index is 738. The Balaban J connectivity index is 1.55. The highest BCUT2D eigenvalue weighted by atomic mass is 19.1.